The molecule has 1 aromatic carbocycles. The van der Waals surface area contributed by atoms with Crippen LogP contribution in [0.15, 0.2) is 30.3 Å². The van der Waals surface area contributed by atoms with Crippen molar-refractivity contribution in [1.82, 2.24) is 4.90 Å². The van der Waals surface area contributed by atoms with Crippen LogP contribution in [0.1, 0.15) is 45.2 Å². The first-order valence-electron chi connectivity index (χ1n) is 7.58. The van der Waals surface area contributed by atoms with Crippen molar-refractivity contribution >= 4 is 6.09 Å². The molecule has 2 atom stereocenters. The molecule has 4 nitrogen and oxygen atoms in total. The molecule has 0 bridgehead atoms. The minimum absolute atomic E-state index is 0.0636. The van der Waals surface area contributed by atoms with Crippen LogP contribution in [0.3, 0.4) is 0 Å². The maximum atomic E-state index is 12.5. The van der Waals surface area contributed by atoms with Crippen molar-refractivity contribution in [3.63, 3.8) is 0 Å². The van der Waals surface area contributed by atoms with Gasteiger partial charge in [-0.2, -0.15) is 0 Å². The van der Waals surface area contributed by atoms with Gasteiger partial charge in [0.05, 0.1) is 6.04 Å². The highest BCUT2D eigenvalue weighted by atomic mass is 16.6. The predicted octanol–water partition coefficient (Wildman–Crippen LogP) is 3.37. The third kappa shape index (κ3) is 3.97. The predicted molar refractivity (Wildman–Crippen MR) is 81.9 cm³/mol. The monoisotopic (exact) mass is 291 g/mol. The molecule has 0 aromatic heterocycles. The number of hydrogen-bond donors (Lipinski definition) is 1. The fraction of sp³-hybridized carbons (Fsp3) is 0.588. The molecule has 4 heteroatoms. The Kier molecular flexibility index (Phi) is 4.88. The summed E-state index contributed by atoms with van der Waals surface area (Å²) in [6, 6.07) is 9.79. The van der Waals surface area contributed by atoms with Crippen molar-refractivity contribution in [3.05, 3.63) is 35.9 Å². The van der Waals surface area contributed by atoms with E-state index in [1.165, 1.54) is 0 Å². The molecule has 1 saturated heterocycles. The molecule has 1 fully saturated rings. The average Bonchev–Trinajstić information content (AvgIpc) is 2.45. The molecule has 1 aliphatic rings. The molecule has 1 amide bonds. The molecular weight excluding hydrogens is 266 g/mol. The van der Waals surface area contributed by atoms with E-state index in [4.69, 9.17) is 4.74 Å². The van der Waals surface area contributed by atoms with Gasteiger partial charge in [0.2, 0.25) is 0 Å². The smallest absolute Gasteiger partial charge is 0.410 e. The first-order valence-corrected chi connectivity index (χ1v) is 7.58. The van der Waals surface area contributed by atoms with Crippen LogP contribution >= 0.6 is 0 Å². The summed E-state index contributed by atoms with van der Waals surface area (Å²) in [4.78, 5) is 14.2. The molecule has 1 N–H and O–H groups in total. The Bertz CT molecular complexity index is 467. The lowest BCUT2D eigenvalue weighted by Crippen LogP contribution is -2.46. The minimum atomic E-state index is -0.509. The largest absolute Gasteiger partial charge is 0.444 e. The molecule has 1 aromatic rings. The number of piperidine rings is 1. The van der Waals surface area contributed by atoms with E-state index >= 15 is 0 Å². The number of ether oxygens (including phenoxy) is 1. The van der Waals surface area contributed by atoms with Crippen LogP contribution in [0.25, 0.3) is 0 Å². The third-order valence-electron chi connectivity index (χ3n) is 3.76. The van der Waals surface area contributed by atoms with Crippen molar-refractivity contribution in [1.29, 1.82) is 0 Å². The summed E-state index contributed by atoms with van der Waals surface area (Å²) in [7, 11) is 0. The second-order valence-corrected chi connectivity index (χ2v) is 6.61. The molecule has 1 heterocycles. The van der Waals surface area contributed by atoms with E-state index in [0.717, 1.165) is 18.4 Å². The minimum Gasteiger partial charge on any atom is -0.444 e. The van der Waals surface area contributed by atoms with Crippen molar-refractivity contribution in [2.24, 2.45) is 5.92 Å². The maximum Gasteiger partial charge on any atom is 0.410 e. The summed E-state index contributed by atoms with van der Waals surface area (Å²) in [6.45, 7) is 6.37. The molecule has 1 aliphatic heterocycles. The van der Waals surface area contributed by atoms with Crippen LogP contribution in [-0.2, 0) is 4.74 Å². The lowest BCUT2D eigenvalue weighted by atomic mass is 9.85. The Morgan fingerprint density at radius 1 is 1.33 bits per heavy atom. The van der Waals surface area contributed by atoms with E-state index in [2.05, 4.69) is 0 Å². The third-order valence-corrected chi connectivity index (χ3v) is 3.76. The van der Waals surface area contributed by atoms with E-state index in [0.29, 0.717) is 6.54 Å². The molecule has 2 rings (SSSR count). The number of benzene rings is 1. The van der Waals surface area contributed by atoms with Gasteiger partial charge in [-0.25, -0.2) is 4.79 Å². The highest BCUT2D eigenvalue weighted by Gasteiger charge is 2.37. The van der Waals surface area contributed by atoms with Gasteiger partial charge in [-0.05, 0) is 39.2 Å². The van der Waals surface area contributed by atoms with Crippen molar-refractivity contribution in [2.75, 3.05) is 13.2 Å². The highest BCUT2D eigenvalue weighted by molar-refractivity contribution is 5.69. The molecular formula is C17H25NO3. The topological polar surface area (TPSA) is 49.8 Å². The zero-order valence-corrected chi connectivity index (χ0v) is 13.1. The average molecular weight is 291 g/mol. The fourth-order valence-corrected chi connectivity index (χ4v) is 2.89. The molecule has 21 heavy (non-hydrogen) atoms. The number of amides is 1. The van der Waals surface area contributed by atoms with Gasteiger partial charge in [0.25, 0.3) is 0 Å². The van der Waals surface area contributed by atoms with E-state index in [-0.39, 0.29) is 24.7 Å². The van der Waals surface area contributed by atoms with E-state index in [1.54, 1.807) is 4.90 Å². The number of hydrogen-bond acceptors (Lipinski definition) is 3. The van der Waals surface area contributed by atoms with E-state index in [1.807, 2.05) is 51.1 Å². The van der Waals surface area contributed by atoms with Gasteiger partial charge in [0.1, 0.15) is 5.60 Å². The Morgan fingerprint density at radius 2 is 2.00 bits per heavy atom. The molecule has 0 spiro atoms. The summed E-state index contributed by atoms with van der Waals surface area (Å²) < 4.78 is 5.53. The zero-order valence-electron chi connectivity index (χ0n) is 13.1. The molecule has 2 unspecified atom stereocenters. The summed E-state index contributed by atoms with van der Waals surface area (Å²) in [5, 5.41) is 9.68. The van der Waals surface area contributed by atoms with Gasteiger partial charge in [-0.1, -0.05) is 30.3 Å². The van der Waals surface area contributed by atoms with Crippen molar-refractivity contribution < 1.29 is 14.6 Å². The van der Waals surface area contributed by atoms with Gasteiger partial charge in [-0.3, -0.25) is 0 Å². The normalized spacial score (nSPS) is 23.0. The molecule has 0 saturated carbocycles. The van der Waals surface area contributed by atoms with Crippen LogP contribution in [0.4, 0.5) is 4.79 Å². The summed E-state index contributed by atoms with van der Waals surface area (Å²) in [6.07, 6.45) is 1.53. The van der Waals surface area contributed by atoms with Crippen LogP contribution in [0.2, 0.25) is 0 Å². The number of carbonyl (C=O) groups is 1. The van der Waals surface area contributed by atoms with Gasteiger partial charge >= 0.3 is 6.09 Å². The quantitative estimate of drug-likeness (QED) is 0.909. The number of aliphatic hydroxyl groups is 1. The van der Waals surface area contributed by atoms with E-state index in [9.17, 15) is 9.90 Å². The van der Waals surface area contributed by atoms with Crippen LogP contribution < -0.4 is 0 Å². The van der Waals surface area contributed by atoms with Gasteiger partial charge < -0.3 is 14.7 Å². The van der Waals surface area contributed by atoms with Crippen LogP contribution in [-0.4, -0.2) is 34.9 Å². The maximum absolute atomic E-state index is 12.5. The van der Waals surface area contributed by atoms with Gasteiger partial charge in [0.15, 0.2) is 0 Å². The first kappa shape index (κ1) is 15.8. The number of rotatable bonds is 2. The lowest BCUT2D eigenvalue weighted by Gasteiger charge is -2.41. The lowest BCUT2D eigenvalue weighted by molar-refractivity contribution is -0.00725. The Balaban J connectivity index is 2.26. The molecule has 0 radical (unpaired) electrons. The second-order valence-electron chi connectivity index (χ2n) is 6.61. The second kappa shape index (κ2) is 6.48. The first-order chi connectivity index (χ1) is 9.92. The summed E-state index contributed by atoms with van der Waals surface area (Å²) in [5.41, 5.74) is 0.548. The molecule has 116 valence electrons. The Labute approximate surface area is 126 Å². The fourth-order valence-electron chi connectivity index (χ4n) is 2.89. The highest BCUT2D eigenvalue weighted by Crippen LogP contribution is 2.36. The Hall–Kier alpha value is -1.55. The number of likely N-dealkylation sites (tertiary alicyclic amines) is 1. The summed E-state index contributed by atoms with van der Waals surface area (Å²) >= 11 is 0. The SMILES string of the molecule is CC(C)(C)OC(=O)N1CCCC(CO)C1c1ccccc1. The number of carbonyl (C=O) groups excluding carboxylic acids is 1. The standard InChI is InChI=1S/C17H25NO3/c1-17(2,3)21-16(20)18-11-7-10-14(12-19)15(18)13-8-5-4-6-9-13/h4-6,8-9,14-15,19H,7,10-12H2,1-3H3. The summed E-state index contributed by atoms with van der Waals surface area (Å²) in [5.74, 6) is 0.0636. The van der Waals surface area contributed by atoms with Crippen molar-refractivity contribution in [2.45, 2.75) is 45.3 Å². The van der Waals surface area contributed by atoms with Crippen LogP contribution in [0.5, 0.6) is 0 Å². The molecule has 0 aliphatic carbocycles. The number of nitrogens with zero attached hydrogens (tertiary/aromatic N) is 1. The van der Waals surface area contributed by atoms with E-state index < -0.39 is 5.60 Å². The van der Waals surface area contributed by atoms with Crippen molar-refractivity contribution in [3.8, 4) is 0 Å². The van der Waals surface area contributed by atoms with Gasteiger partial charge in [0, 0.05) is 19.1 Å². The van der Waals surface area contributed by atoms with Gasteiger partial charge in [-0.15, -0.1) is 0 Å². The zero-order chi connectivity index (χ0) is 15.5. The Morgan fingerprint density at radius 3 is 2.57 bits per heavy atom. The number of aliphatic hydroxyl groups excluding tert-OH is 1. The van der Waals surface area contributed by atoms with Crippen LogP contribution in [0, 0.1) is 5.92 Å².